The molecule has 3 aliphatic rings. The van der Waals surface area contributed by atoms with E-state index in [4.69, 9.17) is 13.9 Å². The summed E-state index contributed by atoms with van der Waals surface area (Å²) < 4.78 is 17.3. The molecule has 0 spiro atoms. The van der Waals surface area contributed by atoms with Crippen LogP contribution < -0.4 is 14.8 Å². The first kappa shape index (κ1) is 21.5. The zero-order valence-electron chi connectivity index (χ0n) is 19.1. The Morgan fingerprint density at radius 2 is 1.94 bits per heavy atom. The van der Waals surface area contributed by atoms with Crippen LogP contribution >= 0.6 is 0 Å². The molecule has 172 valence electrons. The van der Waals surface area contributed by atoms with Gasteiger partial charge in [0.25, 0.3) is 0 Å². The molecule has 1 aliphatic carbocycles. The highest BCUT2D eigenvalue weighted by molar-refractivity contribution is 5.94. The predicted molar refractivity (Wildman–Crippen MR) is 129 cm³/mol. The van der Waals surface area contributed by atoms with Crippen LogP contribution in [-0.2, 0) is 0 Å². The number of nitrogens with zero attached hydrogens (tertiary/aromatic N) is 4. The van der Waals surface area contributed by atoms with Gasteiger partial charge in [-0.15, -0.1) is 0 Å². The maximum atomic E-state index is 6.10. The lowest BCUT2D eigenvalue weighted by molar-refractivity contribution is 0.145. The summed E-state index contributed by atoms with van der Waals surface area (Å²) in [4.78, 5) is 13.8. The molecular formula is C25H29N5O3. The molecule has 33 heavy (non-hydrogen) atoms. The number of likely N-dealkylation sites (N-methyl/N-ethyl adjacent to an activating group) is 1. The van der Waals surface area contributed by atoms with Crippen LogP contribution in [0, 0.1) is 0 Å². The molecule has 5 rings (SSSR count). The average Bonchev–Trinajstić information content (AvgIpc) is 3.25. The highest BCUT2D eigenvalue weighted by Gasteiger charge is 2.16. The molecule has 0 amide bonds. The van der Waals surface area contributed by atoms with Crippen LogP contribution in [0.15, 0.2) is 53.4 Å². The smallest absolute Gasteiger partial charge is 0.163 e. The van der Waals surface area contributed by atoms with E-state index in [1.165, 1.54) is 0 Å². The van der Waals surface area contributed by atoms with Crippen LogP contribution in [0.25, 0.3) is 22.2 Å². The van der Waals surface area contributed by atoms with Crippen molar-refractivity contribution in [2.75, 3.05) is 58.8 Å². The molecule has 0 radical (unpaired) electrons. The molecule has 2 aliphatic heterocycles. The minimum absolute atomic E-state index is 0.632. The van der Waals surface area contributed by atoms with E-state index in [1.807, 2.05) is 36.4 Å². The number of hydrogen-bond acceptors (Lipinski definition) is 8. The number of fused-ring (bicyclic) bond motifs is 2. The van der Waals surface area contributed by atoms with E-state index in [9.17, 15) is 0 Å². The lowest BCUT2D eigenvalue weighted by Crippen LogP contribution is -2.44. The number of rotatable bonds is 8. The second-order valence-electron chi connectivity index (χ2n) is 8.35. The summed E-state index contributed by atoms with van der Waals surface area (Å²) in [6.07, 6.45) is 4.20. The second-order valence-corrected chi connectivity index (χ2v) is 8.35. The van der Waals surface area contributed by atoms with Gasteiger partial charge in [-0.25, -0.2) is 9.97 Å². The van der Waals surface area contributed by atoms with Crippen molar-refractivity contribution in [1.29, 1.82) is 0 Å². The second kappa shape index (κ2) is 9.64. The van der Waals surface area contributed by atoms with Crippen LogP contribution in [0.2, 0.25) is 0 Å². The standard InChI is InChI=1S/C25H29N5O3/c1-29-9-11-30(12-10-29)8-4-14-33-24-16-21-19(15-23(24)31-2)25(27-17-26-21)28-20-6-7-22-18(20)5-3-13-32-22/h3,5-7,13,15-17H,4,8-12,14H2,1-2H3,(H,26,27,28). The number of hydrogen-bond donors (Lipinski definition) is 1. The van der Waals surface area contributed by atoms with Crippen molar-refractivity contribution < 1.29 is 13.9 Å². The number of benzene rings is 1. The summed E-state index contributed by atoms with van der Waals surface area (Å²) in [5, 5.41) is 4.28. The predicted octanol–water partition coefficient (Wildman–Crippen LogP) is 4.10. The molecule has 0 atom stereocenters. The van der Waals surface area contributed by atoms with Crippen molar-refractivity contribution in [1.82, 2.24) is 19.8 Å². The Balaban J connectivity index is 1.30. The van der Waals surface area contributed by atoms with Gasteiger partial charge >= 0.3 is 0 Å². The summed E-state index contributed by atoms with van der Waals surface area (Å²) in [7, 11) is 3.83. The van der Waals surface area contributed by atoms with Gasteiger partial charge in [0.05, 0.1) is 31.2 Å². The average molecular weight is 448 g/mol. The lowest BCUT2D eigenvalue weighted by atomic mass is 10.2. The summed E-state index contributed by atoms with van der Waals surface area (Å²) in [5.74, 6) is 2.90. The third kappa shape index (κ3) is 4.72. The van der Waals surface area contributed by atoms with Crippen LogP contribution in [0.1, 0.15) is 6.42 Å². The van der Waals surface area contributed by atoms with Crippen molar-refractivity contribution in [3.63, 3.8) is 0 Å². The molecule has 0 bridgehead atoms. The highest BCUT2D eigenvalue weighted by Crippen LogP contribution is 2.37. The Hall–Kier alpha value is -3.36. The first-order chi connectivity index (χ1) is 16.2. The van der Waals surface area contributed by atoms with Crippen LogP contribution in [-0.4, -0.2) is 73.3 Å². The van der Waals surface area contributed by atoms with Gasteiger partial charge in [0.15, 0.2) is 11.5 Å². The zero-order valence-corrected chi connectivity index (χ0v) is 19.1. The largest absolute Gasteiger partial charge is 0.493 e. The van der Waals surface area contributed by atoms with Gasteiger partial charge < -0.3 is 29.0 Å². The van der Waals surface area contributed by atoms with E-state index >= 15 is 0 Å². The Labute approximate surface area is 193 Å². The number of piperazine rings is 1. The molecule has 8 heteroatoms. The molecular weight excluding hydrogens is 418 g/mol. The summed E-state index contributed by atoms with van der Waals surface area (Å²) in [5.41, 5.74) is 2.72. The first-order valence-corrected chi connectivity index (χ1v) is 11.3. The molecule has 0 unspecified atom stereocenters. The molecule has 0 saturated carbocycles. The highest BCUT2D eigenvalue weighted by atomic mass is 16.5. The van der Waals surface area contributed by atoms with E-state index in [-0.39, 0.29) is 0 Å². The van der Waals surface area contributed by atoms with Gasteiger partial charge in [-0.1, -0.05) is 0 Å². The summed E-state index contributed by atoms with van der Waals surface area (Å²) >= 11 is 0. The Morgan fingerprint density at radius 3 is 2.79 bits per heavy atom. The summed E-state index contributed by atoms with van der Waals surface area (Å²) in [6.45, 7) is 6.17. The number of anilines is 2. The van der Waals surface area contributed by atoms with Crippen molar-refractivity contribution in [2.24, 2.45) is 0 Å². The number of ether oxygens (including phenoxy) is 2. The number of methoxy groups -OCH3 is 1. The maximum Gasteiger partial charge on any atom is 0.163 e. The lowest BCUT2D eigenvalue weighted by Gasteiger charge is -2.32. The maximum absolute atomic E-state index is 6.10. The third-order valence-electron chi connectivity index (χ3n) is 6.14. The van der Waals surface area contributed by atoms with Gasteiger partial charge in [-0.05, 0) is 43.8 Å². The van der Waals surface area contributed by atoms with Gasteiger partial charge in [0.1, 0.15) is 17.9 Å². The van der Waals surface area contributed by atoms with E-state index < -0.39 is 0 Å². The SMILES string of the molecule is COc1cc2c(Nc3ccc4occcc3-4)ncnc2cc1OCCCN1CCN(C)CC1. The zero-order chi connectivity index (χ0) is 22.6. The molecule has 1 fully saturated rings. The van der Waals surface area contributed by atoms with E-state index in [0.717, 1.165) is 67.1 Å². The first-order valence-electron chi connectivity index (χ1n) is 11.3. The topological polar surface area (TPSA) is 75.9 Å². The number of aromatic nitrogens is 2. The molecule has 1 saturated heterocycles. The molecule has 3 heterocycles. The third-order valence-corrected chi connectivity index (χ3v) is 6.14. The molecule has 1 aromatic heterocycles. The molecule has 1 N–H and O–H groups in total. The van der Waals surface area contributed by atoms with Gasteiger partial charge in [0.2, 0.25) is 0 Å². The fourth-order valence-electron chi connectivity index (χ4n) is 4.21. The fourth-order valence-corrected chi connectivity index (χ4v) is 4.21. The molecule has 2 aromatic rings. The van der Waals surface area contributed by atoms with Crippen LogP contribution in [0.4, 0.5) is 11.5 Å². The van der Waals surface area contributed by atoms with Crippen LogP contribution in [0.3, 0.4) is 0 Å². The molecule has 1 aromatic carbocycles. The van der Waals surface area contributed by atoms with Crippen molar-refractivity contribution >= 4 is 22.4 Å². The van der Waals surface area contributed by atoms with Gasteiger partial charge in [-0.2, -0.15) is 0 Å². The minimum atomic E-state index is 0.632. The van der Waals surface area contributed by atoms with Crippen LogP contribution in [0.5, 0.6) is 11.5 Å². The fraction of sp³-hybridized carbons (Fsp3) is 0.360. The van der Waals surface area contributed by atoms with Crippen molar-refractivity contribution in [3.05, 3.63) is 49.0 Å². The monoisotopic (exact) mass is 447 g/mol. The Bertz CT molecular complexity index is 1190. The van der Waals surface area contributed by atoms with E-state index in [1.54, 1.807) is 19.7 Å². The molecule has 8 nitrogen and oxygen atoms in total. The van der Waals surface area contributed by atoms with Crippen molar-refractivity contribution in [3.8, 4) is 22.8 Å². The summed E-state index contributed by atoms with van der Waals surface area (Å²) in [6, 6.07) is 11.7. The van der Waals surface area contributed by atoms with Gasteiger partial charge in [-0.3, -0.25) is 0 Å². The Kier molecular flexibility index (Phi) is 6.28. The Morgan fingerprint density at radius 1 is 1.06 bits per heavy atom. The van der Waals surface area contributed by atoms with Crippen molar-refractivity contribution in [2.45, 2.75) is 6.42 Å². The number of nitrogens with one attached hydrogen (secondary N) is 1. The van der Waals surface area contributed by atoms with E-state index in [2.05, 4.69) is 32.1 Å². The van der Waals surface area contributed by atoms with E-state index in [0.29, 0.717) is 23.9 Å². The quantitative estimate of drug-likeness (QED) is 0.405. The minimum Gasteiger partial charge on any atom is -0.493 e. The normalized spacial score (nSPS) is 15.2. The van der Waals surface area contributed by atoms with Gasteiger partial charge in [0, 0.05) is 49.7 Å².